The van der Waals surface area contributed by atoms with Gasteiger partial charge in [0.25, 0.3) is 0 Å². The quantitative estimate of drug-likeness (QED) is 0.484. The van der Waals surface area contributed by atoms with Gasteiger partial charge in [0.2, 0.25) is 5.88 Å². The molecular formula is C23H20N4O. The number of hydrogen-bond donors (Lipinski definition) is 2. The van der Waals surface area contributed by atoms with Gasteiger partial charge in [-0.2, -0.15) is 5.26 Å². The van der Waals surface area contributed by atoms with Crippen LogP contribution in [0.2, 0.25) is 0 Å². The molecule has 2 aromatic heterocycles. The van der Waals surface area contributed by atoms with E-state index in [4.69, 9.17) is 4.74 Å². The number of nitrogens with one attached hydrogen (secondary N) is 2. The third-order valence-corrected chi connectivity index (χ3v) is 4.77. The van der Waals surface area contributed by atoms with Crippen molar-refractivity contribution < 1.29 is 4.74 Å². The fourth-order valence-electron chi connectivity index (χ4n) is 3.38. The standard InChI is InChI=1S/C23H20N4O/c1-3-28-23-21(16-7-5-4-6-8-16)22(17(13-24)14-26-23)27-19-9-10-20-18(15(19)2)11-12-25-20/h4-12,14,25H,3H2,1-2H3,(H,26,27). The van der Waals surface area contributed by atoms with Gasteiger partial charge in [0, 0.05) is 22.8 Å². The van der Waals surface area contributed by atoms with E-state index < -0.39 is 0 Å². The smallest absolute Gasteiger partial charge is 0.223 e. The van der Waals surface area contributed by atoms with Gasteiger partial charge in [-0.15, -0.1) is 0 Å². The Kier molecular flexibility index (Phi) is 4.69. The van der Waals surface area contributed by atoms with E-state index in [1.165, 1.54) is 0 Å². The molecule has 2 aromatic carbocycles. The van der Waals surface area contributed by atoms with Crippen molar-refractivity contribution in [3.8, 4) is 23.1 Å². The van der Waals surface area contributed by atoms with Crippen LogP contribution in [0.15, 0.2) is 60.9 Å². The average molecular weight is 368 g/mol. The van der Waals surface area contributed by atoms with Crippen LogP contribution in [0, 0.1) is 18.3 Å². The molecule has 0 fully saturated rings. The number of nitrogens with zero attached hydrogens (tertiary/aromatic N) is 2. The fraction of sp³-hybridized carbons (Fsp3) is 0.130. The molecular weight excluding hydrogens is 348 g/mol. The van der Waals surface area contributed by atoms with Gasteiger partial charge in [0.05, 0.1) is 29.6 Å². The molecule has 0 atom stereocenters. The Morgan fingerprint density at radius 2 is 1.96 bits per heavy atom. The molecule has 138 valence electrons. The number of benzene rings is 2. The first-order valence-corrected chi connectivity index (χ1v) is 9.18. The highest BCUT2D eigenvalue weighted by Gasteiger charge is 2.19. The van der Waals surface area contributed by atoms with Crippen molar-refractivity contribution in [1.82, 2.24) is 9.97 Å². The van der Waals surface area contributed by atoms with Crippen LogP contribution in [0.5, 0.6) is 5.88 Å². The molecule has 0 bridgehead atoms. The highest BCUT2D eigenvalue weighted by Crippen LogP contribution is 2.40. The molecule has 2 heterocycles. The second-order valence-corrected chi connectivity index (χ2v) is 6.44. The number of aryl methyl sites for hydroxylation is 1. The van der Waals surface area contributed by atoms with Gasteiger partial charge < -0.3 is 15.0 Å². The van der Waals surface area contributed by atoms with Crippen LogP contribution in [0.25, 0.3) is 22.0 Å². The van der Waals surface area contributed by atoms with E-state index in [-0.39, 0.29) is 0 Å². The maximum Gasteiger partial charge on any atom is 0.223 e. The highest BCUT2D eigenvalue weighted by molar-refractivity contribution is 5.92. The molecule has 4 aromatic rings. The maximum atomic E-state index is 9.72. The lowest BCUT2D eigenvalue weighted by atomic mass is 10.0. The first-order valence-electron chi connectivity index (χ1n) is 9.18. The van der Waals surface area contributed by atoms with Crippen LogP contribution in [-0.2, 0) is 0 Å². The molecule has 0 aliphatic carbocycles. The molecule has 0 aliphatic rings. The Morgan fingerprint density at radius 3 is 2.71 bits per heavy atom. The summed E-state index contributed by atoms with van der Waals surface area (Å²) >= 11 is 0. The number of aromatic amines is 1. The first kappa shape index (κ1) is 17.6. The van der Waals surface area contributed by atoms with Gasteiger partial charge in [0.1, 0.15) is 6.07 Å². The van der Waals surface area contributed by atoms with Crippen LogP contribution in [0.4, 0.5) is 11.4 Å². The Morgan fingerprint density at radius 1 is 1.14 bits per heavy atom. The molecule has 0 unspecified atom stereocenters. The Balaban J connectivity index is 1.92. The summed E-state index contributed by atoms with van der Waals surface area (Å²) in [7, 11) is 0. The summed E-state index contributed by atoms with van der Waals surface area (Å²) < 4.78 is 5.79. The van der Waals surface area contributed by atoms with Crippen molar-refractivity contribution >= 4 is 22.3 Å². The minimum absolute atomic E-state index is 0.468. The molecule has 5 nitrogen and oxygen atoms in total. The number of H-pyrrole nitrogens is 1. The monoisotopic (exact) mass is 368 g/mol. The molecule has 0 radical (unpaired) electrons. The Bertz CT molecular complexity index is 1170. The van der Waals surface area contributed by atoms with E-state index in [0.29, 0.717) is 23.7 Å². The number of pyridine rings is 1. The van der Waals surface area contributed by atoms with Crippen molar-refractivity contribution in [2.45, 2.75) is 13.8 Å². The summed E-state index contributed by atoms with van der Waals surface area (Å²) in [4.78, 5) is 7.62. The van der Waals surface area contributed by atoms with Crippen molar-refractivity contribution in [2.24, 2.45) is 0 Å². The Labute approximate surface area is 163 Å². The average Bonchev–Trinajstić information content (AvgIpc) is 3.21. The van der Waals surface area contributed by atoms with Crippen LogP contribution >= 0.6 is 0 Å². The minimum Gasteiger partial charge on any atom is -0.477 e. The van der Waals surface area contributed by atoms with E-state index in [2.05, 4.69) is 34.3 Å². The van der Waals surface area contributed by atoms with Crippen molar-refractivity contribution in [1.29, 1.82) is 5.26 Å². The van der Waals surface area contributed by atoms with E-state index in [1.54, 1.807) is 6.20 Å². The largest absolute Gasteiger partial charge is 0.477 e. The maximum absolute atomic E-state index is 9.72. The van der Waals surface area contributed by atoms with Crippen LogP contribution < -0.4 is 10.1 Å². The van der Waals surface area contributed by atoms with Gasteiger partial charge in [-0.25, -0.2) is 4.98 Å². The summed E-state index contributed by atoms with van der Waals surface area (Å²) in [5, 5.41) is 14.3. The van der Waals surface area contributed by atoms with Gasteiger partial charge >= 0.3 is 0 Å². The van der Waals surface area contributed by atoms with Crippen LogP contribution in [0.3, 0.4) is 0 Å². The summed E-state index contributed by atoms with van der Waals surface area (Å²) in [6, 6.07) is 18.2. The lowest BCUT2D eigenvalue weighted by Gasteiger charge is -2.18. The minimum atomic E-state index is 0.468. The predicted octanol–water partition coefficient (Wildman–Crippen LogP) is 5.55. The predicted molar refractivity (Wildman–Crippen MR) is 112 cm³/mol. The second kappa shape index (κ2) is 7.45. The summed E-state index contributed by atoms with van der Waals surface area (Å²) in [5.74, 6) is 0.510. The summed E-state index contributed by atoms with van der Waals surface area (Å²) in [5.41, 5.74) is 6.02. The zero-order valence-corrected chi connectivity index (χ0v) is 15.8. The first-order chi connectivity index (χ1) is 13.7. The van der Waals surface area contributed by atoms with Crippen molar-refractivity contribution in [2.75, 3.05) is 11.9 Å². The van der Waals surface area contributed by atoms with Crippen LogP contribution in [0.1, 0.15) is 18.1 Å². The lowest BCUT2D eigenvalue weighted by Crippen LogP contribution is -2.04. The lowest BCUT2D eigenvalue weighted by molar-refractivity contribution is 0.328. The van der Waals surface area contributed by atoms with E-state index in [9.17, 15) is 5.26 Å². The molecule has 0 aliphatic heterocycles. The molecule has 0 amide bonds. The van der Waals surface area contributed by atoms with Gasteiger partial charge in [-0.05, 0) is 43.2 Å². The molecule has 2 N–H and O–H groups in total. The number of anilines is 2. The normalized spacial score (nSPS) is 10.6. The van der Waals surface area contributed by atoms with E-state index >= 15 is 0 Å². The fourth-order valence-corrected chi connectivity index (χ4v) is 3.38. The molecule has 0 saturated carbocycles. The van der Waals surface area contributed by atoms with E-state index in [0.717, 1.165) is 33.3 Å². The van der Waals surface area contributed by atoms with Crippen molar-refractivity contribution in [3.63, 3.8) is 0 Å². The molecule has 28 heavy (non-hydrogen) atoms. The Hall–Kier alpha value is -3.78. The molecule has 4 rings (SSSR count). The van der Waals surface area contributed by atoms with Crippen LogP contribution in [-0.4, -0.2) is 16.6 Å². The third kappa shape index (κ3) is 3.06. The number of ether oxygens (including phenoxy) is 1. The van der Waals surface area contributed by atoms with Crippen molar-refractivity contribution in [3.05, 3.63) is 72.1 Å². The molecule has 0 saturated heterocycles. The third-order valence-electron chi connectivity index (χ3n) is 4.77. The topological polar surface area (TPSA) is 73.7 Å². The second-order valence-electron chi connectivity index (χ2n) is 6.44. The van der Waals surface area contributed by atoms with E-state index in [1.807, 2.05) is 55.6 Å². The molecule has 0 spiro atoms. The summed E-state index contributed by atoms with van der Waals surface area (Å²) in [6.07, 6.45) is 3.49. The number of rotatable bonds is 5. The van der Waals surface area contributed by atoms with Gasteiger partial charge in [-0.1, -0.05) is 30.3 Å². The van der Waals surface area contributed by atoms with Gasteiger partial charge in [0.15, 0.2) is 0 Å². The zero-order chi connectivity index (χ0) is 19.5. The number of nitriles is 1. The van der Waals surface area contributed by atoms with Gasteiger partial charge in [-0.3, -0.25) is 0 Å². The number of aromatic nitrogens is 2. The zero-order valence-electron chi connectivity index (χ0n) is 15.8. The SMILES string of the molecule is CCOc1ncc(C#N)c(Nc2ccc3[nH]ccc3c2C)c1-c1ccccc1. The highest BCUT2D eigenvalue weighted by atomic mass is 16.5. The molecule has 5 heteroatoms. The number of fused-ring (bicyclic) bond motifs is 1. The summed E-state index contributed by atoms with van der Waals surface area (Å²) in [6.45, 7) is 4.48. The number of hydrogen-bond acceptors (Lipinski definition) is 4.